The Balaban J connectivity index is 2.12. The van der Waals surface area contributed by atoms with Gasteiger partial charge in [-0.15, -0.1) is 0 Å². The molecule has 104 valence electrons. The molecule has 0 aromatic heterocycles. The minimum absolute atomic E-state index is 0.0831. The molecule has 4 nitrogen and oxygen atoms in total. The Morgan fingerprint density at radius 1 is 1.42 bits per heavy atom. The van der Waals surface area contributed by atoms with E-state index >= 15 is 0 Å². The molecule has 0 spiro atoms. The Labute approximate surface area is 114 Å². The maximum atomic E-state index is 11.3. The summed E-state index contributed by atoms with van der Waals surface area (Å²) in [6.07, 6.45) is 1.00. The van der Waals surface area contributed by atoms with E-state index in [-0.39, 0.29) is 12.5 Å². The number of carbonyl (C=O) groups is 1. The highest BCUT2D eigenvalue weighted by molar-refractivity contribution is 5.95. The zero-order chi connectivity index (χ0) is 13.8. The molecule has 0 radical (unpaired) electrons. The number of hydrogen-bond donors (Lipinski definition) is 2. The van der Waals surface area contributed by atoms with Crippen LogP contribution in [-0.4, -0.2) is 26.1 Å². The second-order valence-corrected chi connectivity index (χ2v) is 5.43. The van der Waals surface area contributed by atoms with Crippen LogP contribution in [0.3, 0.4) is 0 Å². The lowest BCUT2D eigenvalue weighted by Crippen LogP contribution is -2.26. The van der Waals surface area contributed by atoms with E-state index in [1.807, 2.05) is 19.2 Å². The monoisotopic (exact) mass is 262 g/mol. The van der Waals surface area contributed by atoms with Crippen LogP contribution in [0, 0.1) is 11.8 Å². The predicted octanol–water partition coefficient (Wildman–Crippen LogP) is 2.05. The smallest absolute Gasteiger partial charge is 0.262 e. The van der Waals surface area contributed by atoms with Gasteiger partial charge in [0.2, 0.25) is 0 Å². The Hall–Kier alpha value is -1.55. The molecule has 0 fully saturated rings. The zero-order valence-corrected chi connectivity index (χ0v) is 11.8. The molecule has 1 aromatic carbocycles. The fourth-order valence-electron chi connectivity index (χ4n) is 2.37. The Kier molecular flexibility index (Phi) is 4.43. The predicted molar refractivity (Wildman–Crippen MR) is 76.5 cm³/mol. The second kappa shape index (κ2) is 6.06. The van der Waals surface area contributed by atoms with Crippen LogP contribution in [0.2, 0.25) is 0 Å². The van der Waals surface area contributed by atoms with Gasteiger partial charge in [0, 0.05) is 0 Å². The molecular formula is C15H22N2O2. The number of anilines is 1. The van der Waals surface area contributed by atoms with Gasteiger partial charge < -0.3 is 15.4 Å². The summed E-state index contributed by atoms with van der Waals surface area (Å²) in [5.74, 6) is 1.89. The molecule has 2 rings (SSSR count). The van der Waals surface area contributed by atoms with E-state index in [0.717, 1.165) is 24.4 Å². The first-order valence-corrected chi connectivity index (χ1v) is 6.80. The van der Waals surface area contributed by atoms with E-state index in [0.29, 0.717) is 11.8 Å². The number of amides is 1. The average molecular weight is 262 g/mol. The van der Waals surface area contributed by atoms with Gasteiger partial charge in [-0.05, 0) is 49.5 Å². The largest absolute Gasteiger partial charge is 0.482 e. The van der Waals surface area contributed by atoms with Gasteiger partial charge in [0.05, 0.1) is 5.69 Å². The maximum Gasteiger partial charge on any atom is 0.262 e. The van der Waals surface area contributed by atoms with Crippen molar-refractivity contribution in [1.82, 2.24) is 5.32 Å². The van der Waals surface area contributed by atoms with Crippen LogP contribution in [0.5, 0.6) is 5.75 Å². The van der Waals surface area contributed by atoms with Gasteiger partial charge in [0.25, 0.3) is 5.91 Å². The van der Waals surface area contributed by atoms with Gasteiger partial charge in [-0.25, -0.2) is 0 Å². The quantitative estimate of drug-likeness (QED) is 0.854. The highest BCUT2D eigenvalue weighted by atomic mass is 16.5. The standard InChI is InChI=1S/C15H22N2O2/c1-10(2)12(8-16-3)6-11-4-5-14-13(7-11)17-15(18)9-19-14/h4-5,7,10,12,16H,6,8-9H2,1-3H3,(H,17,18). The van der Waals surface area contributed by atoms with Crippen molar-refractivity contribution >= 4 is 11.6 Å². The summed E-state index contributed by atoms with van der Waals surface area (Å²) >= 11 is 0. The van der Waals surface area contributed by atoms with Crippen LogP contribution in [0.4, 0.5) is 5.69 Å². The first kappa shape index (κ1) is 13.9. The number of hydrogen-bond acceptors (Lipinski definition) is 3. The molecular weight excluding hydrogens is 240 g/mol. The van der Waals surface area contributed by atoms with Gasteiger partial charge >= 0.3 is 0 Å². The van der Waals surface area contributed by atoms with E-state index in [1.54, 1.807) is 0 Å². The molecule has 1 atom stereocenters. The summed E-state index contributed by atoms with van der Waals surface area (Å²) in [6, 6.07) is 6.06. The first-order chi connectivity index (χ1) is 9.10. The topological polar surface area (TPSA) is 50.4 Å². The van der Waals surface area contributed by atoms with Crippen LogP contribution in [-0.2, 0) is 11.2 Å². The van der Waals surface area contributed by atoms with Crippen molar-refractivity contribution in [2.45, 2.75) is 20.3 Å². The number of benzene rings is 1. The van der Waals surface area contributed by atoms with Gasteiger partial charge in [0.15, 0.2) is 6.61 Å². The molecule has 1 aliphatic rings. The summed E-state index contributed by atoms with van der Waals surface area (Å²) in [5.41, 5.74) is 2.03. The highest BCUT2D eigenvalue weighted by Crippen LogP contribution is 2.29. The number of fused-ring (bicyclic) bond motifs is 1. The summed E-state index contributed by atoms with van der Waals surface area (Å²) in [5, 5.41) is 6.10. The van der Waals surface area contributed by atoms with E-state index in [2.05, 4.69) is 30.5 Å². The van der Waals surface area contributed by atoms with Crippen molar-refractivity contribution in [3.05, 3.63) is 23.8 Å². The van der Waals surface area contributed by atoms with Crippen molar-refractivity contribution in [3.8, 4) is 5.75 Å². The molecule has 0 bridgehead atoms. The number of nitrogens with one attached hydrogen (secondary N) is 2. The maximum absolute atomic E-state index is 11.3. The van der Waals surface area contributed by atoms with E-state index in [4.69, 9.17) is 4.74 Å². The van der Waals surface area contributed by atoms with Crippen molar-refractivity contribution in [2.75, 3.05) is 25.5 Å². The molecule has 19 heavy (non-hydrogen) atoms. The fourth-order valence-corrected chi connectivity index (χ4v) is 2.37. The molecule has 1 aromatic rings. The normalized spacial score (nSPS) is 15.7. The lowest BCUT2D eigenvalue weighted by Gasteiger charge is -2.22. The lowest BCUT2D eigenvalue weighted by atomic mass is 9.89. The third-order valence-corrected chi connectivity index (χ3v) is 3.58. The zero-order valence-electron chi connectivity index (χ0n) is 11.8. The molecule has 0 saturated carbocycles. The average Bonchev–Trinajstić information content (AvgIpc) is 2.37. The molecule has 0 aliphatic carbocycles. The van der Waals surface area contributed by atoms with Gasteiger partial charge in [0.1, 0.15) is 5.75 Å². The molecule has 1 aliphatic heterocycles. The molecule has 1 unspecified atom stereocenters. The highest BCUT2D eigenvalue weighted by Gasteiger charge is 2.18. The number of rotatable bonds is 5. The summed E-state index contributed by atoms with van der Waals surface area (Å²) in [4.78, 5) is 11.3. The number of carbonyl (C=O) groups excluding carboxylic acids is 1. The second-order valence-electron chi connectivity index (χ2n) is 5.43. The van der Waals surface area contributed by atoms with Crippen LogP contribution in [0.25, 0.3) is 0 Å². The van der Waals surface area contributed by atoms with Gasteiger partial charge in [-0.3, -0.25) is 4.79 Å². The van der Waals surface area contributed by atoms with Crippen LogP contribution in [0.1, 0.15) is 19.4 Å². The summed E-state index contributed by atoms with van der Waals surface area (Å²) in [7, 11) is 1.98. The minimum atomic E-state index is -0.0831. The Morgan fingerprint density at radius 3 is 2.89 bits per heavy atom. The molecule has 1 heterocycles. The van der Waals surface area contributed by atoms with E-state index < -0.39 is 0 Å². The van der Waals surface area contributed by atoms with E-state index in [1.165, 1.54) is 5.56 Å². The van der Waals surface area contributed by atoms with Crippen LogP contribution >= 0.6 is 0 Å². The summed E-state index contributed by atoms with van der Waals surface area (Å²) < 4.78 is 5.37. The van der Waals surface area contributed by atoms with E-state index in [9.17, 15) is 4.79 Å². The van der Waals surface area contributed by atoms with Crippen molar-refractivity contribution in [2.24, 2.45) is 11.8 Å². The van der Waals surface area contributed by atoms with Crippen molar-refractivity contribution < 1.29 is 9.53 Å². The SMILES string of the molecule is CNCC(Cc1ccc2c(c1)NC(=O)CO2)C(C)C. The van der Waals surface area contributed by atoms with Gasteiger partial charge in [-0.2, -0.15) is 0 Å². The van der Waals surface area contributed by atoms with Crippen LogP contribution < -0.4 is 15.4 Å². The third kappa shape index (κ3) is 3.47. The van der Waals surface area contributed by atoms with Crippen molar-refractivity contribution in [1.29, 1.82) is 0 Å². The molecule has 0 saturated heterocycles. The Morgan fingerprint density at radius 2 is 2.21 bits per heavy atom. The number of ether oxygens (including phenoxy) is 1. The molecule has 2 N–H and O–H groups in total. The van der Waals surface area contributed by atoms with Gasteiger partial charge in [-0.1, -0.05) is 19.9 Å². The fraction of sp³-hybridized carbons (Fsp3) is 0.533. The minimum Gasteiger partial charge on any atom is -0.482 e. The molecule has 1 amide bonds. The lowest BCUT2D eigenvalue weighted by molar-refractivity contribution is -0.118. The third-order valence-electron chi connectivity index (χ3n) is 3.58. The first-order valence-electron chi connectivity index (χ1n) is 6.80. The Bertz CT molecular complexity index is 457. The van der Waals surface area contributed by atoms with Crippen LogP contribution in [0.15, 0.2) is 18.2 Å². The summed E-state index contributed by atoms with van der Waals surface area (Å²) in [6.45, 7) is 5.59. The van der Waals surface area contributed by atoms with Crippen molar-refractivity contribution in [3.63, 3.8) is 0 Å². The molecule has 4 heteroatoms.